The van der Waals surface area contributed by atoms with Gasteiger partial charge in [-0.15, -0.1) is 0 Å². The van der Waals surface area contributed by atoms with Crippen molar-refractivity contribution in [2.45, 2.75) is 32.4 Å². The van der Waals surface area contributed by atoms with E-state index in [2.05, 4.69) is 16.0 Å². The Bertz CT molecular complexity index is 608. The number of aliphatic hydroxyl groups is 1. The third kappa shape index (κ3) is 4.30. The van der Waals surface area contributed by atoms with Crippen molar-refractivity contribution in [2.24, 2.45) is 5.92 Å². The van der Waals surface area contributed by atoms with Crippen LogP contribution in [0.1, 0.15) is 25.3 Å². The quantitative estimate of drug-likeness (QED) is 0.918. The van der Waals surface area contributed by atoms with Crippen LogP contribution in [0.15, 0.2) is 48.8 Å². The molecular formula is C19H24N2O2. The van der Waals surface area contributed by atoms with E-state index < -0.39 is 0 Å². The van der Waals surface area contributed by atoms with Gasteiger partial charge in [-0.2, -0.15) is 0 Å². The molecule has 1 aromatic carbocycles. The normalized spacial score (nSPS) is 17.8. The lowest BCUT2D eigenvalue weighted by Crippen LogP contribution is -2.36. The maximum absolute atomic E-state index is 9.72. The van der Waals surface area contributed by atoms with Crippen molar-refractivity contribution in [3.63, 3.8) is 0 Å². The Morgan fingerprint density at radius 3 is 2.70 bits per heavy atom. The zero-order valence-electron chi connectivity index (χ0n) is 13.6. The molecule has 23 heavy (non-hydrogen) atoms. The fourth-order valence-corrected chi connectivity index (χ4v) is 3.10. The molecule has 1 N–H and O–H groups in total. The second kappa shape index (κ2) is 7.57. The molecule has 0 amide bonds. The van der Waals surface area contributed by atoms with Crippen LogP contribution in [0.3, 0.4) is 0 Å². The molecule has 2 heterocycles. The highest BCUT2D eigenvalue weighted by atomic mass is 16.5. The van der Waals surface area contributed by atoms with Crippen molar-refractivity contribution in [2.75, 3.05) is 13.1 Å². The topological polar surface area (TPSA) is 45.6 Å². The van der Waals surface area contributed by atoms with Crippen molar-refractivity contribution in [3.8, 4) is 11.5 Å². The molecular weight excluding hydrogens is 288 g/mol. The number of para-hydroxylation sites is 1. The van der Waals surface area contributed by atoms with Crippen LogP contribution in [0.5, 0.6) is 11.5 Å². The summed E-state index contributed by atoms with van der Waals surface area (Å²) in [6, 6.07) is 12.0. The first-order valence-electron chi connectivity index (χ1n) is 8.28. The van der Waals surface area contributed by atoms with E-state index in [9.17, 15) is 5.11 Å². The Balaban J connectivity index is 1.65. The van der Waals surface area contributed by atoms with Gasteiger partial charge < -0.3 is 9.84 Å². The van der Waals surface area contributed by atoms with Gasteiger partial charge in [0.2, 0.25) is 0 Å². The van der Waals surface area contributed by atoms with Crippen molar-refractivity contribution in [3.05, 3.63) is 54.4 Å². The van der Waals surface area contributed by atoms with Gasteiger partial charge >= 0.3 is 0 Å². The molecule has 1 aromatic heterocycles. The highest BCUT2D eigenvalue weighted by Crippen LogP contribution is 2.28. The molecule has 1 atom stereocenters. The molecule has 122 valence electrons. The van der Waals surface area contributed by atoms with E-state index in [1.165, 1.54) is 5.56 Å². The summed E-state index contributed by atoms with van der Waals surface area (Å²) in [5.74, 6) is 2.08. The SMILES string of the molecule is CC(O)C1CCN(Cc2ccccc2Oc2cccnc2)CC1. The summed E-state index contributed by atoms with van der Waals surface area (Å²) in [5.41, 5.74) is 1.19. The number of pyridine rings is 1. The average Bonchev–Trinajstić information content (AvgIpc) is 2.58. The lowest BCUT2D eigenvalue weighted by molar-refractivity contribution is 0.0693. The Hall–Kier alpha value is -1.91. The van der Waals surface area contributed by atoms with Crippen molar-refractivity contribution < 1.29 is 9.84 Å². The fourth-order valence-electron chi connectivity index (χ4n) is 3.10. The van der Waals surface area contributed by atoms with Crippen LogP contribution < -0.4 is 4.74 Å². The van der Waals surface area contributed by atoms with Gasteiger partial charge in [-0.05, 0) is 57.0 Å². The summed E-state index contributed by atoms with van der Waals surface area (Å²) in [7, 11) is 0. The lowest BCUT2D eigenvalue weighted by atomic mass is 9.92. The fraction of sp³-hybridized carbons (Fsp3) is 0.421. The van der Waals surface area contributed by atoms with Gasteiger partial charge in [0, 0.05) is 18.3 Å². The molecule has 0 bridgehead atoms. The van der Waals surface area contributed by atoms with Gasteiger partial charge in [0.1, 0.15) is 11.5 Å². The molecule has 0 saturated carbocycles. The second-order valence-electron chi connectivity index (χ2n) is 6.25. The number of piperidine rings is 1. The van der Waals surface area contributed by atoms with Crippen molar-refractivity contribution >= 4 is 0 Å². The largest absolute Gasteiger partial charge is 0.455 e. The third-order valence-corrected chi connectivity index (χ3v) is 4.54. The van der Waals surface area contributed by atoms with E-state index in [4.69, 9.17) is 4.74 Å². The molecule has 1 unspecified atom stereocenters. The van der Waals surface area contributed by atoms with E-state index in [1.54, 1.807) is 12.4 Å². The summed E-state index contributed by atoms with van der Waals surface area (Å²) >= 11 is 0. The number of hydrogen-bond acceptors (Lipinski definition) is 4. The van der Waals surface area contributed by atoms with Crippen LogP contribution in [-0.4, -0.2) is 34.2 Å². The van der Waals surface area contributed by atoms with Gasteiger partial charge in [-0.3, -0.25) is 9.88 Å². The van der Waals surface area contributed by atoms with Crippen LogP contribution in [-0.2, 0) is 6.54 Å². The molecule has 4 heteroatoms. The van der Waals surface area contributed by atoms with Gasteiger partial charge in [0.15, 0.2) is 0 Å². The van der Waals surface area contributed by atoms with E-state index in [1.807, 2.05) is 37.3 Å². The van der Waals surface area contributed by atoms with Crippen LogP contribution in [0, 0.1) is 5.92 Å². The van der Waals surface area contributed by atoms with Gasteiger partial charge in [-0.25, -0.2) is 0 Å². The Kier molecular flexibility index (Phi) is 5.26. The van der Waals surface area contributed by atoms with E-state index >= 15 is 0 Å². The molecule has 0 aliphatic carbocycles. The maximum Gasteiger partial charge on any atom is 0.145 e. The average molecular weight is 312 g/mol. The summed E-state index contributed by atoms with van der Waals surface area (Å²) in [6.45, 7) is 4.83. The number of benzene rings is 1. The Labute approximate surface area is 137 Å². The van der Waals surface area contributed by atoms with E-state index in [0.717, 1.165) is 44.0 Å². The van der Waals surface area contributed by atoms with Crippen LogP contribution in [0.2, 0.25) is 0 Å². The van der Waals surface area contributed by atoms with Gasteiger partial charge in [0.05, 0.1) is 12.3 Å². The first-order valence-corrected chi connectivity index (χ1v) is 8.28. The predicted octanol–water partition coefficient (Wildman–Crippen LogP) is 3.47. The summed E-state index contributed by atoms with van der Waals surface area (Å²) < 4.78 is 5.98. The van der Waals surface area contributed by atoms with E-state index in [0.29, 0.717) is 5.92 Å². The number of rotatable bonds is 5. The molecule has 0 radical (unpaired) electrons. The number of ether oxygens (including phenoxy) is 1. The molecule has 0 spiro atoms. The minimum Gasteiger partial charge on any atom is -0.455 e. The number of hydrogen-bond donors (Lipinski definition) is 1. The zero-order valence-corrected chi connectivity index (χ0v) is 13.6. The third-order valence-electron chi connectivity index (χ3n) is 4.54. The summed E-state index contributed by atoms with van der Waals surface area (Å²) in [6.07, 6.45) is 5.39. The van der Waals surface area contributed by atoms with Gasteiger partial charge in [-0.1, -0.05) is 18.2 Å². The molecule has 1 aliphatic heterocycles. The number of likely N-dealkylation sites (tertiary alicyclic amines) is 1. The summed E-state index contributed by atoms with van der Waals surface area (Å²) in [4.78, 5) is 6.53. The van der Waals surface area contributed by atoms with Gasteiger partial charge in [0.25, 0.3) is 0 Å². The van der Waals surface area contributed by atoms with Crippen LogP contribution in [0.25, 0.3) is 0 Å². The minimum absolute atomic E-state index is 0.196. The summed E-state index contributed by atoms with van der Waals surface area (Å²) in [5, 5.41) is 9.72. The van der Waals surface area contributed by atoms with Crippen molar-refractivity contribution in [1.82, 2.24) is 9.88 Å². The minimum atomic E-state index is -0.196. The Morgan fingerprint density at radius 1 is 1.22 bits per heavy atom. The lowest BCUT2D eigenvalue weighted by Gasteiger charge is -2.33. The number of aliphatic hydroxyl groups excluding tert-OH is 1. The molecule has 1 aliphatic rings. The second-order valence-corrected chi connectivity index (χ2v) is 6.25. The van der Waals surface area contributed by atoms with E-state index in [-0.39, 0.29) is 6.10 Å². The first kappa shape index (κ1) is 16.0. The molecule has 1 fully saturated rings. The van der Waals surface area contributed by atoms with Crippen LogP contribution in [0.4, 0.5) is 0 Å². The monoisotopic (exact) mass is 312 g/mol. The number of nitrogens with zero attached hydrogens (tertiary/aromatic N) is 2. The first-order chi connectivity index (χ1) is 11.2. The zero-order chi connectivity index (χ0) is 16.1. The maximum atomic E-state index is 9.72. The highest BCUT2D eigenvalue weighted by Gasteiger charge is 2.23. The van der Waals surface area contributed by atoms with Crippen LogP contribution >= 0.6 is 0 Å². The molecule has 2 aromatic rings. The number of aromatic nitrogens is 1. The molecule has 1 saturated heterocycles. The standard InChI is InChI=1S/C19H24N2O2/c1-15(22)16-8-11-21(12-9-16)14-17-5-2-3-7-19(17)23-18-6-4-10-20-13-18/h2-7,10,13,15-16,22H,8-9,11-12,14H2,1H3. The van der Waals surface area contributed by atoms with Crippen molar-refractivity contribution in [1.29, 1.82) is 0 Å². The predicted molar refractivity (Wildman–Crippen MR) is 90.4 cm³/mol. The molecule has 3 rings (SSSR count). The highest BCUT2D eigenvalue weighted by molar-refractivity contribution is 5.37. The smallest absolute Gasteiger partial charge is 0.145 e. The Morgan fingerprint density at radius 2 is 2.00 bits per heavy atom. The molecule has 4 nitrogen and oxygen atoms in total.